The van der Waals surface area contributed by atoms with Gasteiger partial charge in [-0.1, -0.05) is 0 Å². The number of nitrogens with zero attached hydrogens (tertiary/aromatic N) is 3. The molecule has 2 aromatic rings. The van der Waals surface area contributed by atoms with E-state index in [1.807, 2.05) is 25.5 Å². The predicted molar refractivity (Wildman–Crippen MR) is 73.3 cm³/mol. The number of imidazole rings is 1. The average Bonchev–Trinajstić information content (AvgIpc) is 2.84. The van der Waals surface area contributed by atoms with Crippen molar-refractivity contribution in [2.75, 3.05) is 17.6 Å². The first-order chi connectivity index (χ1) is 8.75. The average molecular weight is 245 g/mol. The topological polar surface area (TPSA) is 68.8 Å². The van der Waals surface area contributed by atoms with Gasteiger partial charge in [0.1, 0.15) is 5.82 Å². The van der Waals surface area contributed by atoms with Gasteiger partial charge in [-0.15, -0.1) is 0 Å². The fourth-order valence-corrected chi connectivity index (χ4v) is 1.83. The van der Waals surface area contributed by atoms with Crippen LogP contribution in [0.5, 0.6) is 0 Å². The van der Waals surface area contributed by atoms with Crippen LogP contribution in [0.25, 0.3) is 0 Å². The lowest BCUT2D eigenvalue weighted by atomic mass is 10.2. The van der Waals surface area contributed by atoms with Crippen LogP contribution in [0.1, 0.15) is 18.4 Å². The summed E-state index contributed by atoms with van der Waals surface area (Å²) in [6.07, 6.45) is 9.54. The quantitative estimate of drug-likeness (QED) is 0.764. The Hall–Kier alpha value is -2.04. The lowest BCUT2D eigenvalue weighted by molar-refractivity contribution is 0.620. The van der Waals surface area contributed by atoms with Crippen LogP contribution in [0.15, 0.2) is 31.0 Å². The van der Waals surface area contributed by atoms with Crippen molar-refractivity contribution >= 4 is 11.5 Å². The molecule has 5 heteroatoms. The third-order valence-electron chi connectivity index (χ3n) is 2.79. The molecule has 96 valence electrons. The molecule has 0 bridgehead atoms. The monoisotopic (exact) mass is 245 g/mol. The summed E-state index contributed by atoms with van der Waals surface area (Å²) < 4.78 is 2.09. The van der Waals surface area contributed by atoms with E-state index in [1.54, 1.807) is 12.4 Å². The maximum atomic E-state index is 5.66. The second kappa shape index (κ2) is 6.05. The number of aromatic nitrogens is 3. The molecule has 0 amide bonds. The van der Waals surface area contributed by atoms with E-state index in [-0.39, 0.29) is 0 Å². The fourth-order valence-electron chi connectivity index (χ4n) is 1.83. The van der Waals surface area contributed by atoms with Gasteiger partial charge >= 0.3 is 0 Å². The van der Waals surface area contributed by atoms with Crippen LogP contribution in [0.2, 0.25) is 0 Å². The van der Waals surface area contributed by atoms with Crippen molar-refractivity contribution in [3.05, 3.63) is 36.5 Å². The third-order valence-corrected chi connectivity index (χ3v) is 2.79. The number of aryl methyl sites for hydroxylation is 2. The molecule has 18 heavy (non-hydrogen) atoms. The van der Waals surface area contributed by atoms with E-state index in [9.17, 15) is 0 Å². The Labute approximate surface area is 107 Å². The number of nitrogen functional groups attached to an aromatic ring is 1. The van der Waals surface area contributed by atoms with Gasteiger partial charge in [-0.2, -0.15) is 0 Å². The standard InChI is InChI=1S/C13H19N5/c1-11-8-12(14)9-17-13(11)16-4-2-3-6-18-7-5-15-10-18/h5,7-10H,2-4,6,14H2,1H3,(H,16,17). The number of nitrogens with one attached hydrogen (secondary N) is 1. The molecule has 0 unspecified atom stereocenters. The van der Waals surface area contributed by atoms with Gasteiger partial charge in [-0.05, 0) is 31.4 Å². The van der Waals surface area contributed by atoms with E-state index >= 15 is 0 Å². The number of hydrogen-bond acceptors (Lipinski definition) is 4. The highest BCUT2D eigenvalue weighted by Gasteiger charge is 1.99. The minimum atomic E-state index is 0.707. The third kappa shape index (κ3) is 3.48. The Morgan fingerprint density at radius 1 is 1.39 bits per heavy atom. The largest absolute Gasteiger partial charge is 0.397 e. The molecule has 0 aliphatic rings. The predicted octanol–water partition coefficient (Wildman–Crippen LogP) is 2.06. The van der Waals surface area contributed by atoms with Gasteiger partial charge in [-0.25, -0.2) is 9.97 Å². The van der Waals surface area contributed by atoms with Crippen molar-refractivity contribution in [2.24, 2.45) is 0 Å². The minimum absolute atomic E-state index is 0.707. The van der Waals surface area contributed by atoms with Crippen molar-refractivity contribution in [1.82, 2.24) is 14.5 Å². The van der Waals surface area contributed by atoms with Gasteiger partial charge in [0, 0.05) is 25.5 Å². The molecule has 0 radical (unpaired) electrons. The first-order valence-electron chi connectivity index (χ1n) is 6.17. The summed E-state index contributed by atoms with van der Waals surface area (Å²) in [7, 11) is 0. The van der Waals surface area contributed by atoms with Crippen LogP contribution in [-0.4, -0.2) is 21.1 Å². The van der Waals surface area contributed by atoms with Crippen LogP contribution in [0.3, 0.4) is 0 Å². The van der Waals surface area contributed by atoms with E-state index in [0.29, 0.717) is 5.69 Å². The van der Waals surface area contributed by atoms with Crippen LogP contribution >= 0.6 is 0 Å². The van der Waals surface area contributed by atoms with E-state index in [2.05, 4.69) is 19.9 Å². The minimum Gasteiger partial charge on any atom is -0.397 e. The highest BCUT2D eigenvalue weighted by Crippen LogP contribution is 2.13. The molecule has 0 saturated heterocycles. The van der Waals surface area contributed by atoms with Crippen LogP contribution in [0, 0.1) is 6.92 Å². The number of unbranched alkanes of at least 4 members (excludes halogenated alkanes) is 1. The zero-order valence-corrected chi connectivity index (χ0v) is 10.6. The number of hydrogen-bond donors (Lipinski definition) is 2. The molecule has 0 aromatic carbocycles. The first-order valence-corrected chi connectivity index (χ1v) is 6.17. The number of nitrogens with two attached hydrogens (primary N) is 1. The van der Waals surface area contributed by atoms with Gasteiger partial charge in [-0.3, -0.25) is 0 Å². The smallest absolute Gasteiger partial charge is 0.128 e. The summed E-state index contributed by atoms with van der Waals surface area (Å²) in [6, 6.07) is 1.93. The normalized spacial score (nSPS) is 10.5. The molecule has 2 aromatic heterocycles. The van der Waals surface area contributed by atoms with Gasteiger partial charge < -0.3 is 15.6 Å². The Kier molecular flexibility index (Phi) is 4.17. The second-order valence-corrected chi connectivity index (χ2v) is 4.37. The SMILES string of the molecule is Cc1cc(N)cnc1NCCCCn1ccnc1. The molecule has 0 fully saturated rings. The van der Waals surface area contributed by atoms with Gasteiger partial charge in [0.25, 0.3) is 0 Å². The first kappa shape index (κ1) is 12.4. The Morgan fingerprint density at radius 2 is 2.28 bits per heavy atom. The molecule has 0 atom stereocenters. The summed E-state index contributed by atoms with van der Waals surface area (Å²) in [5, 5.41) is 3.33. The fraction of sp³-hybridized carbons (Fsp3) is 0.385. The Bertz CT molecular complexity index is 478. The van der Waals surface area contributed by atoms with Crippen LogP contribution in [-0.2, 0) is 6.54 Å². The summed E-state index contributed by atoms with van der Waals surface area (Å²) in [6.45, 7) is 3.94. The van der Waals surface area contributed by atoms with Crippen LogP contribution < -0.4 is 11.1 Å². The molecule has 2 rings (SSSR count). The molecule has 5 nitrogen and oxygen atoms in total. The number of anilines is 2. The summed E-state index contributed by atoms with van der Waals surface area (Å²) in [5.74, 6) is 0.923. The molecule has 0 aliphatic carbocycles. The maximum absolute atomic E-state index is 5.66. The zero-order valence-electron chi connectivity index (χ0n) is 10.6. The van der Waals surface area contributed by atoms with Crippen molar-refractivity contribution in [1.29, 1.82) is 0 Å². The van der Waals surface area contributed by atoms with E-state index in [1.165, 1.54) is 0 Å². The lowest BCUT2D eigenvalue weighted by Gasteiger charge is -2.09. The summed E-state index contributed by atoms with van der Waals surface area (Å²) in [5.41, 5.74) is 7.45. The lowest BCUT2D eigenvalue weighted by Crippen LogP contribution is -2.06. The highest BCUT2D eigenvalue weighted by molar-refractivity contribution is 5.50. The molecule has 3 N–H and O–H groups in total. The van der Waals surface area contributed by atoms with E-state index in [4.69, 9.17) is 5.73 Å². The van der Waals surface area contributed by atoms with Crippen molar-refractivity contribution < 1.29 is 0 Å². The van der Waals surface area contributed by atoms with Crippen molar-refractivity contribution in [2.45, 2.75) is 26.3 Å². The van der Waals surface area contributed by atoms with Gasteiger partial charge in [0.05, 0.1) is 18.2 Å². The molecular formula is C13H19N5. The molecule has 0 spiro atoms. The molecular weight excluding hydrogens is 226 g/mol. The second-order valence-electron chi connectivity index (χ2n) is 4.37. The Balaban J connectivity index is 1.69. The zero-order chi connectivity index (χ0) is 12.8. The summed E-state index contributed by atoms with van der Waals surface area (Å²) in [4.78, 5) is 8.29. The molecule has 0 saturated carbocycles. The van der Waals surface area contributed by atoms with E-state index in [0.717, 1.165) is 37.3 Å². The highest BCUT2D eigenvalue weighted by atomic mass is 15.0. The van der Waals surface area contributed by atoms with Gasteiger partial charge in [0.15, 0.2) is 0 Å². The molecule has 0 aliphatic heterocycles. The van der Waals surface area contributed by atoms with Crippen LogP contribution in [0.4, 0.5) is 11.5 Å². The van der Waals surface area contributed by atoms with Gasteiger partial charge in [0.2, 0.25) is 0 Å². The number of rotatable bonds is 6. The van der Waals surface area contributed by atoms with E-state index < -0.39 is 0 Å². The maximum Gasteiger partial charge on any atom is 0.128 e. The number of pyridine rings is 1. The van der Waals surface area contributed by atoms with Crippen molar-refractivity contribution in [3.63, 3.8) is 0 Å². The van der Waals surface area contributed by atoms with Crippen molar-refractivity contribution in [3.8, 4) is 0 Å². The summed E-state index contributed by atoms with van der Waals surface area (Å²) >= 11 is 0. The Morgan fingerprint density at radius 3 is 3.00 bits per heavy atom. The molecule has 2 heterocycles.